The maximum atomic E-state index is 11.0. The highest BCUT2D eigenvalue weighted by Gasteiger charge is 2.18. The Morgan fingerprint density at radius 3 is 2.27 bits per heavy atom. The molecule has 1 aromatic carbocycles. The second-order valence-electron chi connectivity index (χ2n) is 2.06. The van der Waals surface area contributed by atoms with Crippen molar-refractivity contribution >= 4 is 18.7 Å². The van der Waals surface area contributed by atoms with Gasteiger partial charge in [0.1, 0.15) is 0 Å². The van der Waals surface area contributed by atoms with Crippen LogP contribution in [0.15, 0.2) is 30.3 Å². The van der Waals surface area contributed by atoms with Gasteiger partial charge in [0.2, 0.25) is 6.03 Å². The lowest BCUT2D eigenvalue weighted by Gasteiger charge is -2.01. The van der Waals surface area contributed by atoms with Crippen LogP contribution < -0.4 is 5.30 Å². The van der Waals surface area contributed by atoms with Crippen molar-refractivity contribution in [2.24, 2.45) is 0 Å². The fourth-order valence-electron chi connectivity index (χ4n) is 0.702. The third kappa shape index (κ3) is 1.76. The average Bonchev–Trinajstić information content (AvgIpc) is 2.06. The first-order chi connectivity index (χ1) is 5.17. The lowest BCUT2D eigenvalue weighted by Crippen LogP contribution is -2.03. The second kappa shape index (κ2) is 2.99. The van der Waals surface area contributed by atoms with E-state index >= 15 is 0 Å². The molecule has 0 aromatic heterocycles. The molecule has 0 saturated carbocycles. The van der Waals surface area contributed by atoms with Crippen LogP contribution in [-0.2, 0) is 9.36 Å². The fourth-order valence-corrected chi connectivity index (χ4v) is 1.42. The van der Waals surface area contributed by atoms with Crippen molar-refractivity contribution < 1.29 is 14.3 Å². The highest BCUT2D eigenvalue weighted by Crippen LogP contribution is 2.34. The van der Waals surface area contributed by atoms with Crippen LogP contribution in [0.3, 0.4) is 0 Å². The first kappa shape index (κ1) is 8.18. The van der Waals surface area contributed by atoms with Gasteiger partial charge in [0.25, 0.3) is 7.37 Å². The van der Waals surface area contributed by atoms with Gasteiger partial charge >= 0.3 is 0 Å². The summed E-state index contributed by atoms with van der Waals surface area (Å²) in [5.74, 6) is 0. The van der Waals surface area contributed by atoms with Crippen LogP contribution in [0, 0.1) is 0 Å². The first-order valence-corrected chi connectivity index (χ1v) is 4.74. The highest BCUT2D eigenvalue weighted by molar-refractivity contribution is 7.79. The van der Waals surface area contributed by atoms with Crippen molar-refractivity contribution in [1.82, 2.24) is 0 Å². The molecule has 58 valence electrons. The molecule has 0 heterocycles. The monoisotopic (exact) mass is 170 g/mol. The van der Waals surface area contributed by atoms with Gasteiger partial charge < -0.3 is 4.89 Å². The molecule has 1 aromatic rings. The zero-order chi connectivity index (χ0) is 8.32. The summed E-state index contributed by atoms with van der Waals surface area (Å²) in [6, 6.07) is 7.93. The minimum absolute atomic E-state index is 0.0856. The minimum Gasteiger partial charge on any atom is -0.336 e. The van der Waals surface area contributed by atoms with Crippen molar-refractivity contribution in [1.29, 1.82) is 0 Å². The fraction of sp³-hybridized carbons (Fsp3) is 0. The molecule has 0 bridgehead atoms. The number of benzene rings is 1. The third-order valence-electron chi connectivity index (χ3n) is 1.27. The lowest BCUT2D eigenvalue weighted by atomic mass is 10.4. The molecule has 0 aliphatic heterocycles. The molecule has 1 rings (SSSR count). The van der Waals surface area contributed by atoms with Crippen LogP contribution in [-0.4, -0.2) is 10.9 Å². The first-order valence-electron chi connectivity index (χ1n) is 3.01. The third-order valence-corrected chi connectivity index (χ3v) is 2.59. The quantitative estimate of drug-likeness (QED) is 0.526. The molecule has 0 fully saturated rings. The Bertz CT molecular complexity index is 294. The molecule has 1 unspecified atom stereocenters. The largest absolute Gasteiger partial charge is 0.336 e. The number of hydrogen-bond acceptors (Lipinski definition) is 2. The van der Waals surface area contributed by atoms with Gasteiger partial charge in [-0.15, -0.1) is 0 Å². The van der Waals surface area contributed by atoms with Gasteiger partial charge in [0.15, 0.2) is 0 Å². The Morgan fingerprint density at radius 1 is 1.27 bits per heavy atom. The number of carbonyl (C=O) groups is 1. The predicted molar refractivity (Wildman–Crippen MR) is 42.7 cm³/mol. The van der Waals surface area contributed by atoms with Gasteiger partial charge in [-0.1, -0.05) is 18.2 Å². The predicted octanol–water partition coefficient (Wildman–Crippen LogP) is 0.772. The van der Waals surface area contributed by atoms with Crippen LogP contribution in [0.1, 0.15) is 0 Å². The number of hydrogen-bond donors (Lipinski definition) is 1. The Morgan fingerprint density at radius 2 is 1.82 bits per heavy atom. The molecule has 1 atom stereocenters. The molecule has 0 amide bonds. The summed E-state index contributed by atoms with van der Waals surface area (Å²) in [6.07, 6.45) is 0. The smallest absolute Gasteiger partial charge is 0.290 e. The molecule has 1 N–H and O–H groups in total. The highest BCUT2D eigenvalue weighted by atomic mass is 31.2. The zero-order valence-corrected chi connectivity index (χ0v) is 6.57. The second-order valence-corrected chi connectivity index (χ2v) is 4.04. The van der Waals surface area contributed by atoms with E-state index in [1.807, 2.05) is 0 Å². The van der Waals surface area contributed by atoms with E-state index in [1.54, 1.807) is 18.2 Å². The van der Waals surface area contributed by atoms with E-state index in [0.717, 1.165) is 0 Å². The Hall–Kier alpha value is -0.920. The van der Waals surface area contributed by atoms with Crippen LogP contribution in [0.5, 0.6) is 0 Å². The van der Waals surface area contributed by atoms with Gasteiger partial charge in [0.05, 0.1) is 0 Å². The van der Waals surface area contributed by atoms with E-state index < -0.39 is 7.37 Å². The average molecular weight is 170 g/mol. The van der Waals surface area contributed by atoms with E-state index in [2.05, 4.69) is 0 Å². The summed E-state index contributed by atoms with van der Waals surface area (Å²) in [6.45, 7) is 0. The molecule has 0 spiro atoms. The van der Waals surface area contributed by atoms with E-state index in [0.29, 0.717) is 0 Å². The standard InChI is InChI=1S/C7H7O3P/c8-6-11(9,10)7-4-2-1-3-5-7/h1-6H,(H,9,10). The summed E-state index contributed by atoms with van der Waals surface area (Å²) in [5.41, 5.74) is 0. The van der Waals surface area contributed by atoms with Crippen LogP contribution in [0.2, 0.25) is 0 Å². The molecule has 4 heteroatoms. The Kier molecular flexibility index (Phi) is 2.22. The van der Waals surface area contributed by atoms with E-state index in [9.17, 15) is 9.36 Å². The molecule has 0 radical (unpaired) electrons. The maximum Gasteiger partial charge on any atom is 0.290 e. The molecular weight excluding hydrogens is 163 g/mol. The van der Waals surface area contributed by atoms with Crippen molar-refractivity contribution in [3.8, 4) is 0 Å². The van der Waals surface area contributed by atoms with E-state index in [1.165, 1.54) is 12.1 Å². The summed E-state index contributed by atoms with van der Waals surface area (Å²) >= 11 is 0. The summed E-state index contributed by atoms with van der Waals surface area (Å²) in [7, 11) is -3.71. The molecule has 0 aliphatic carbocycles. The maximum absolute atomic E-state index is 11.0. The summed E-state index contributed by atoms with van der Waals surface area (Å²) in [4.78, 5) is 19.1. The summed E-state index contributed by atoms with van der Waals surface area (Å²) < 4.78 is 11.0. The van der Waals surface area contributed by atoms with Crippen molar-refractivity contribution in [3.05, 3.63) is 30.3 Å². The topological polar surface area (TPSA) is 54.4 Å². The van der Waals surface area contributed by atoms with Crippen LogP contribution >= 0.6 is 7.37 Å². The normalized spacial score (nSPS) is 15.4. The Labute approximate surface area is 64.1 Å². The van der Waals surface area contributed by atoms with Crippen molar-refractivity contribution in [3.63, 3.8) is 0 Å². The van der Waals surface area contributed by atoms with Crippen LogP contribution in [0.25, 0.3) is 0 Å². The van der Waals surface area contributed by atoms with Crippen molar-refractivity contribution in [2.75, 3.05) is 0 Å². The van der Waals surface area contributed by atoms with Crippen LogP contribution in [0.4, 0.5) is 0 Å². The molecule has 11 heavy (non-hydrogen) atoms. The minimum atomic E-state index is -3.71. The molecule has 0 saturated heterocycles. The number of carbonyl (C=O) groups excluding carboxylic acids is 1. The number of rotatable bonds is 2. The van der Waals surface area contributed by atoms with Gasteiger partial charge in [-0.3, -0.25) is 9.36 Å². The molecular formula is C7H7O3P. The summed E-state index contributed by atoms with van der Waals surface area (Å²) in [5, 5.41) is 0.176. The van der Waals surface area contributed by atoms with Crippen molar-refractivity contribution in [2.45, 2.75) is 0 Å². The van der Waals surface area contributed by atoms with Gasteiger partial charge in [-0.25, -0.2) is 0 Å². The Balaban J connectivity index is 3.13. The zero-order valence-electron chi connectivity index (χ0n) is 5.68. The molecule has 3 nitrogen and oxygen atoms in total. The van der Waals surface area contributed by atoms with E-state index in [4.69, 9.17) is 4.89 Å². The lowest BCUT2D eigenvalue weighted by molar-refractivity contribution is 0.492. The van der Waals surface area contributed by atoms with Gasteiger partial charge in [-0.2, -0.15) is 0 Å². The SMILES string of the molecule is O=CP(=O)(O)c1ccccc1. The van der Waals surface area contributed by atoms with Gasteiger partial charge in [-0.05, 0) is 12.1 Å². The molecule has 0 aliphatic rings. The van der Waals surface area contributed by atoms with Gasteiger partial charge in [0, 0.05) is 5.30 Å². The van der Waals surface area contributed by atoms with E-state index in [-0.39, 0.29) is 11.3 Å².